The Hall–Kier alpha value is -1.60. The third-order valence-electron chi connectivity index (χ3n) is 2.45. The van der Waals surface area contributed by atoms with Crippen LogP contribution < -0.4 is 0 Å². The second-order valence-electron chi connectivity index (χ2n) is 4.57. The molecule has 0 fully saturated rings. The van der Waals surface area contributed by atoms with E-state index in [9.17, 15) is 9.59 Å². The highest BCUT2D eigenvalue weighted by atomic mass is 17.5. The Kier molecular flexibility index (Phi) is 7.10. The van der Waals surface area contributed by atoms with Crippen LogP contribution in [0.4, 0.5) is 4.79 Å². The summed E-state index contributed by atoms with van der Waals surface area (Å²) in [5.41, 5.74) is -0.638. The monoisotopic (exact) mass is 276 g/mol. The maximum Gasteiger partial charge on any atom is 0.545 e. The highest BCUT2D eigenvalue weighted by molar-refractivity contribution is 5.81. The molecule has 0 spiro atoms. The minimum Gasteiger partial charge on any atom is -0.422 e. The van der Waals surface area contributed by atoms with Crippen LogP contribution in [0.3, 0.4) is 0 Å². The first-order chi connectivity index (χ1) is 8.69. The lowest BCUT2D eigenvalue weighted by atomic mass is 9.95. The van der Waals surface area contributed by atoms with Crippen LogP contribution in [0.5, 0.6) is 0 Å². The zero-order valence-electron chi connectivity index (χ0n) is 11.8. The largest absolute Gasteiger partial charge is 0.545 e. The Morgan fingerprint density at radius 2 is 1.74 bits per heavy atom. The molecule has 0 aromatic heterocycles. The average Bonchev–Trinajstić information content (AvgIpc) is 2.27. The van der Waals surface area contributed by atoms with Crippen molar-refractivity contribution in [3.05, 3.63) is 12.7 Å². The summed E-state index contributed by atoms with van der Waals surface area (Å²) >= 11 is 0. The fraction of sp³-hybridized carbons (Fsp3) is 0.667. The van der Waals surface area contributed by atoms with E-state index < -0.39 is 24.0 Å². The van der Waals surface area contributed by atoms with Crippen molar-refractivity contribution in [3.8, 4) is 0 Å². The number of hydrogen-bond acceptors (Lipinski definition) is 7. The molecule has 7 nitrogen and oxygen atoms in total. The van der Waals surface area contributed by atoms with Crippen molar-refractivity contribution >= 4 is 12.1 Å². The van der Waals surface area contributed by atoms with E-state index in [-0.39, 0.29) is 5.92 Å². The van der Waals surface area contributed by atoms with Crippen molar-refractivity contribution in [2.75, 3.05) is 0 Å². The Morgan fingerprint density at radius 1 is 1.16 bits per heavy atom. The Bertz CT molecular complexity index is 322. The molecule has 19 heavy (non-hydrogen) atoms. The summed E-state index contributed by atoms with van der Waals surface area (Å²) in [4.78, 5) is 31.0. The van der Waals surface area contributed by atoms with Crippen LogP contribution in [0.15, 0.2) is 12.7 Å². The second kappa shape index (κ2) is 7.75. The highest BCUT2D eigenvalue weighted by Crippen LogP contribution is 2.20. The molecule has 1 atom stereocenters. The maximum absolute atomic E-state index is 11.1. The topological polar surface area (TPSA) is 80.3 Å². The fourth-order valence-electron chi connectivity index (χ4n) is 0.620. The number of carbonyl (C=O) groups excluding carboxylic acids is 2. The molecule has 0 amide bonds. The lowest BCUT2D eigenvalue weighted by Crippen LogP contribution is -2.32. The van der Waals surface area contributed by atoms with Crippen LogP contribution >= 0.6 is 0 Å². The van der Waals surface area contributed by atoms with Crippen LogP contribution in [0.1, 0.15) is 34.6 Å². The van der Waals surface area contributed by atoms with Crippen molar-refractivity contribution in [1.29, 1.82) is 0 Å². The van der Waals surface area contributed by atoms with Crippen molar-refractivity contribution < 1.29 is 33.9 Å². The first-order valence-electron chi connectivity index (χ1n) is 5.75. The number of ether oxygens (including phenoxy) is 2. The van der Waals surface area contributed by atoms with Gasteiger partial charge in [-0.25, -0.2) is 14.5 Å². The second-order valence-corrected chi connectivity index (χ2v) is 4.57. The van der Waals surface area contributed by atoms with E-state index in [1.54, 1.807) is 13.8 Å². The molecule has 0 bridgehead atoms. The first kappa shape index (κ1) is 17.4. The Balaban J connectivity index is 3.94. The van der Waals surface area contributed by atoms with Crippen LogP contribution in [-0.2, 0) is 29.1 Å². The van der Waals surface area contributed by atoms with Gasteiger partial charge in [0.15, 0.2) is 0 Å². The molecule has 0 aliphatic carbocycles. The molecule has 0 saturated heterocycles. The molecule has 0 heterocycles. The van der Waals surface area contributed by atoms with Crippen molar-refractivity contribution in [2.24, 2.45) is 5.92 Å². The third-order valence-corrected chi connectivity index (χ3v) is 2.45. The quantitative estimate of drug-likeness (QED) is 0.232. The van der Waals surface area contributed by atoms with E-state index in [1.165, 1.54) is 6.92 Å². The number of esters is 1. The van der Waals surface area contributed by atoms with Crippen molar-refractivity contribution in [3.63, 3.8) is 0 Å². The molecule has 0 radical (unpaired) electrons. The van der Waals surface area contributed by atoms with E-state index in [1.807, 2.05) is 13.8 Å². The van der Waals surface area contributed by atoms with Gasteiger partial charge in [0.25, 0.3) is 0 Å². The van der Waals surface area contributed by atoms with Gasteiger partial charge in [0, 0.05) is 13.0 Å². The van der Waals surface area contributed by atoms with Crippen LogP contribution in [0, 0.1) is 5.92 Å². The number of hydrogen-bond donors (Lipinski definition) is 0. The predicted molar refractivity (Wildman–Crippen MR) is 64.4 cm³/mol. The summed E-state index contributed by atoms with van der Waals surface area (Å²) in [7, 11) is 0. The summed E-state index contributed by atoms with van der Waals surface area (Å²) in [6, 6.07) is 0. The van der Waals surface area contributed by atoms with Gasteiger partial charge in [0.05, 0.1) is 0 Å². The molecule has 0 rings (SSSR count). The lowest BCUT2D eigenvalue weighted by Gasteiger charge is -2.25. The van der Waals surface area contributed by atoms with E-state index in [4.69, 9.17) is 4.89 Å². The smallest absolute Gasteiger partial charge is 0.422 e. The van der Waals surface area contributed by atoms with Crippen LogP contribution in [0.25, 0.3) is 0 Å². The molecule has 0 saturated carbocycles. The van der Waals surface area contributed by atoms with Crippen LogP contribution in [0.2, 0.25) is 0 Å². The molecule has 0 aliphatic rings. The predicted octanol–water partition coefficient (Wildman–Crippen LogP) is 2.51. The van der Waals surface area contributed by atoms with Gasteiger partial charge in [-0.2, -0.15) is 4.89 Å². The average molecular weight is 276 g/mol. The van der Waals surface area contributed by atoms with Gasteiger partial charge in [-0.05, 0) is 24.8 Å². The van der Waals surface area contributed by atoms with E-state index in [0.717, 1.165) is 6.08 Å². The molecule has 1 unspecified atom stereocenters. The zero-order valence-corrected chi connectivity index (χ0v) is 11.8. The molecule has 0 N–H and O–H groups in total. The normalized spacial score (nSPS) is 12.7. The van der Waals surface area contributed by atoms with Gasteiger partial charge in [-0.15, -0.1) is 0 Å². The summed E-state index contributed by atoms with van der Waals surface area (Å²) in [5, 5.41) is 4.32. The summed E-state index contributed by atoms with van der Waals surface area (Å²) in [6.07, 6.45) is -1.38. The molecule has 0 aromatic carbocycles. The lowest BCUT2D eigenvalue weighted by molar-refractivity contribution is -0.521. The molecular weight excluding hydrogens is 256 g/mol. The Labute approximate surface area is 112 Å². The number of carbonyl (C=O) groups is 2. The maximum atomic E-state index is 11.1. The number of rotatable bonds is 7. The van der Waals surface area contributed by atoms with Gasteiger partial charge in [0.2, 0.25) is 6.29 Å². The van der Waals surface area contributed by atoms with Gasteiger partial charge >= 0.3 is 12.1 Å². The van der Waals surface area contributed by atoms with Gasteiger partial charge in [-0.1, -0.05) is 20.4 Å². The first-order valence-corrected chi connectivity index (χ1v) is 5.75. The fourth-order valence-corrected chi connectivity index (χ4v) is 0.620. The minimum absolute atomic E-state index is 0.139. The van der Waals surface area contributed by atoms with E-state index >= 15 is 0 Å². The summed E-state index contributed by atoms with van der Waals surface area (Å²) in [5.74, 6) is -0.585. The zero-order chi connectivity index (χ0) is 15.1. The summed E-state index contributed by atoms with van der Waals surface area (Å²) in [6.45, 7) is 11.9. The van der Waals surface area contributed by atoms with Gasteiger partial charge in [-0.3, -0.25) is 0 Å². The molecule has 0 aromatic rings. The highest BCUT2D eigenvalue weighted by Gasteiger charge is 2.26. The molecular formula is C12H20O7. The minimum atomic E-state index is -1.19. The molecule has 110 valence electrons. The van der Waals surface area contributed by atoms with E-state index in [2.05, 4.69) is 26.0 Å². The van der Waals surface area contributed by atoms with E-state index in [0.29, 0.717) is 0 Å². The Morgan fingerprint density at radius 3 is 2.21 bits per heavy atom. The van der Waals surface area contributed by atoms with Crippen molar-refractivity contribution in [2.45, 2.75) is 46.5 Å². The van der Waals surface area contributed by atoms with Crippen LogP contribution in [-0.4, -0.2) is 24.0 Å². The summed E-state index contributed by atoms with van der Waals surface area (Å²) < 4.78 is 9.12. The van der Waals surface area contributed by atoms with Gasteiger partial charge in [0.1, 0.15) is 5.60 Å². The standard InChI is InChI=1S/C12H20O7/c1-7-10(13)15-9(4)16-11(14)17-19-18-12(5,6)8(2)3/h7-9H,1H2,2-6H3. The van der Waals surface area contributed by atoms with Crippen molar-refractivity contribution in [1.82, 2.24) is 0 Å². The third kappa shape index (κ3) is 7.43. The molecule has 7 heteroatoms. The SMILES string of the molecule is C=CC(=O)OC(C)OC(=O)OOOC(C)(C)C(C)C. The van der Waals surface area contributed by atoms with Gasteiger partial charge < -0.3 is 9.47 Å². The molecule has 0 aliphatic heterocycles.